The molecule has 0 bridgehead atoms. The molecule has 34 heavy (non-hydrogen) atoms. The molecule has 1 aliphatic heterocycles. The Morgan fingerprint density at radius 1 is 1.00 bits per heavy atom. The summed E-state index contributed by atoms with van der Waals surface area (Å²) in [6.07, 6.45) is 3.87. The molecule has 2 aromatic carbocycles. The third kappa shape index (κ3) is 4.89. The number of hydrogen-bond donors (Lipinski definition) is 0. The van der Waals surface area contributed by atoms with Crippen molar-refractivity contribution in [3.05, 3.63) is 52.1 Å². The SMILES string of the molecule is COc1cc2c(cc1C=O)CC(=O)N(CCCN(C)C[C@H]1Cc3cc(OC)c(OC)cc31)CC2. The summed E-state index contributed by atoms with van der Waals surface area (Å²) in [5.74, 6) is 2.77. The molecule has 1 atom stereocenters. The highest BCUT2D eigenvalue weighted by molar-refractivity contribution is 5.84. The number of carbonyl (C=O) groups is 2. The summed E-state index contributed by atoms with van der Waals surface area (Å²) in [5.41, 5.74) is 5.20. The maximum absolute atomic E-state index is 12.9. The van der Waals surface area contributed by atoms with Crippen LogP contribution in [0.5, 0.6) is 17.2 Å². The molecule has 7 nitrogen and oxygen atoms in total. The number of ether oxygens (including phenoxy) is 3. The van der Waals surface area contributed by atoms with E-state index in [4.69, 9.17) is 14.2 Å². The lowest BCUT2D eigenvalue weighted by Crippen LogP contribution is -2.36. The molecule has 0 aromatic heterocycles. The Hall–Kier alpha value is -3.06. The van der Waals surface area contributed by atoms with E-state index >= 15 is 0 Å². The summed E-state index contributed by atoms with van der Waals surface area (Å²) < 4.78 is 16.2. The standard InChI is InChI=1S/C27H34N2O5/c1-28(16-21-11-20-13-25(33-3)26(34-4)15-23(20)21)7-5-8-29-9-6-18-12-24(32-2)22(17-30)10-19(18)14-27(29)31/h10,12-13,15,17,21H,5-9,11,14,16H2,1-4H3/t21-/m1/s1. The van der Waals surface area contributed by atoms with Gasteiger partial charge in [0.2, 0.25) is 5.91 Å². The first-order valence-electron chi connectivity index (χ1n) is 11.8. The first-order valence-corrected chi connectivity index (χ1v) is 11.8. The average Bonchev–Trinajstić information content (AvgIpc) is 2.98. The Labute approximate surface area is 201 Å². The molecule has 2 aromatic rings. The Kier molecular flexibility index (Phi) is 7.41. The monoisotopic (exact) mass is 466 g/mol. The normalized spacial score (nSPS) is 16.9. The number of fused-ring (bicyclic) bond motifs is 2. The van der Waals surface area contributed by atoms with Crippen LogP contribution in [0.3, 0.4) is 0 Å². The molecule has 0 unspecified atom stereocenters. The van der Waals surface area contributed by atoms with E-state index in [2.05, 4.69) is 24.1 Å². The van der Waals surface area contributed by atoms with Crippen molar-refractivity contribution in [2.75, 3.05) is 54.6 Å². The van der Waals surface area contributed by atoms with E-state index in [1.165, 1.54) is 11.1 Å². The summed E-state index contributed by atoms with van der Waals surface area (Å²) in [4.78, 5) is 28.5. The number of likely N-dealkylation sites (N-methyl/N-ethyl adjacent to an activating group) is 1. The van der Waals surface area contributed by atoms with Gasteiger partial charge in [0.25, 0.3) is 0 Å². The average molecular weight is 467 g/mol. The molecule has 0 N–H and O–H groups in total. The van der Waals surface area contributed by atoms with E-state index in [9.17, 15) is 9.59 Å². The van der Waals surface area contributed by atoms with E-state index in [1.54, 1.807) is 27.4 Å². The van der Waals surface area contributed by atoms with Crippen molar-refractivity contribution in [1.29, 1.82) is 0 Å². The van der Waals surface area contributed by atoms with Gasteiger partial charge in [0.1, 0.15) is 5.75 Å². The second kappa shape index (κ2) is 10.5. The predicted molar refractivity (Wildman–Crippen MR) is 130 cm³/mol. The van der Waals surface area contributed by atoms with Gasteiger partial charge < -0.3 is 24.0 Å². The van der Waals surface area contributed by atoms with E-state index in [1.807, 2.05) is 11.0 Å². The van der Waals surface area contributed by atoms with Gasteiger partial charge in [-0.05, 0) is 79.4 Å². The van der Waals surface area contributed by atoms with Gasteiger partial charge >= 0.3 is 0 Å². The van der Waals surface area contributed by atoms with Crippen molar-refractivity contribution in [1.82, 2.24) is 9.80 Å². The second-order valence-electron chi connectivity index (χ2n) is 9.21. The molecule has 2 aliphatic rings. The van der Waals surface area contributed by atoms with Crippen LogP contribution >= 0.6 is 0 Å². The maximum Gasteiger partial charge on any atom is 0.227 e. The first kappa shape index (κ1) is 24.1. The molecule has 7 heteroatoms. The van der Waals surface area contributed by atoms with Crippen LogP contribution in [-0.2, 0) is 24.1 Å². The topological polar surface area (TPSA) is 68.3 Å². The van der Waals surface area contributed by atoms with Crippen molar-refractivity contribution in [2.24, 2.45) is 0 Å². The minimum Gasteiger partial charge on any atom is -0.496 e. The smallest absolute Gasteiger partial charge is 0.227 e. The summed E-state index contributed by atoms with van der Waals surface area (Å²) in [6.45, 7) is 3.34. The molecule has 0 fully saturated rings. The number of rotatable bonds is 10. The molecular formula is C27H34N2O5. The molecule has 0 saturated heterocycles. The van der Waals surface area contributed by atoms with Crippen LogP contribution in [-0.4, -0.2) is 76.5 Å². The van der Waals surface area contributed by atoms with Crippen molar-refractivity contribution >= 4 is 12.2 Å². The van der Waals surface area contributed by atoms with Crippen LogP contribution in [0, 0.1) is 0 Å². The molecule has 1 amide bonds. The summed E-state index contributed by atoms with van der Waals surface area (Å²) in [7, 11) is 7.05. The fourth-order valence-corrected chi connectivity index (χ4v) is 5.14. The van der Waals surface area contributed by atoms with Gasteiger partial charge in [-0.25, -0.2) is 0 Å². The van der Waals surface area contributed by atoms with E-state index in [0.29, 0.717) is 30.2 Å². The van der Waals surface area contributed by atoms with Gasteiger partial charge in [0.15, 0.2) is 17.8 Å². The molecule has 1 aliphatic carbocycles. The molecule has 0 radical (unpaired) electrons. The van der Waals surface area contributed by atoms with Crippen molar-refractivity contribution < 1.29 is 23.8 Å². The largest absolute Gasteiger partial charge is 0.496 e. The van der Waals surface area contributed by atoms with Crippen LogP contribution in [0.2, 0.25) is 0 Å². The van der Waals surface area contributed by atoms with Gasteiger partial charge in [0.05, 0.1) is 33.3 Å². The first-order chi connectivity index (χ1) is 16.5. The molecule has 0 spiro atoms. The Balaban J connectivity index is 1.28. The zero-order chi connectivity index (χ0) is 24.2. The third-order valence-corrected chi connectivity index (χ3v) is 7.08. The third-order valence-electron chi connectivity index (χ3n) is 7.08. The molecule has 182 valence electrons. The number of carbonyl (C=O) groups excluding carboxylic acids is 2. The van der Waals surface area contributed by atoms with E-state index in [0.717, 1.165) is 67.8 Å². The fraction of sp³-hybridized carbons (Fsp3) is 0.481. The van der Waals surface area contributed by atoms with E-state index in [-0.39, 0.29) is 5.91 Å². The lowest BCUT2D eigenvalue weighted by atomic mass is 9.77. The minimum atomic E-state index is 0.123. The summed E-state index contributed by atoms with van der Waals surface area (Å²) >= 11 is 0. The second-order valence-corrected chi connectivity index (χ2v) is 9.21. The summed E-state index contributed by atoms with van der Waals surface area (Å²) in [5, 5.41) is 0. The molecular weight excluding hydrogens is 432 g/mol. The quantitative estimate of drug-likeness (QED) is 0.501. The van der Waals surface area contributed by atoms with Crippen LogP contribution in [0.15, 0.2) is 24.3 Å². The fourth-order valence-electron chi connectivity index (χ4n) is 5.14. The molecule has 4 rings (SSSR count). The molecule has 0 saturated carbocycles. The van der Waals surface area contributed by atoms with Gasteiger partial charge in [-0.3, -0.25) is 9.59 Å². The van der Waals surface area contributed by atoms with E-state index < -0.39 is 0 Å². The lowest BCUT2D eigenvalue weighted by Gasteiger charge is -2.34. The van der Waals surface area contributed by atoms with Crippen LogP contribution in [0.25, 0.3) is 0 Å². The zero-order valence-electron chi connectivity index (χ0n) is 20.6. The molecule has 1 heterocycles. The van der Waals surface area contributed by atoms with Crippen molar-refractivity contribution in [2.45, 2.75) is 31.6 Å². The Morgan fingerprint density at radius 2 is 1.71 bits per heavy atom. The number of amides is 1. The number of hydrogen-bond acceptors (Lipinski definition) is 6. The highest BCUT2D eigenvalue weighted by Gasteiger charge is 2.29. The van der Waals surface area contributed by atoms with Crippen molar-refractivity contribution in [3.8, 4) is 17.2 Å². The van der Waals surface area contributed by atoms with Crippen LogP contribution in [0.4, 0.5) is 0 Å². The van der Waals surface area contributed by atoms with Gasteiger partial charge in [0, 0.05) is 25.6 Å². The Bertz CT molecular complexity index is 1070. The Morgan fingerprint density at radius 3 is 2.41 bits per heavy atom. The summed E-state index contributed by atoms with van der Waals surface area (Å²) in [6, 6.07) is 7.90. The number of aldehydes is 1. The van der Waals surface area contributed by atoms with Gasteiger partial charge in [-0.15, -0.1) is 0 Å². The van der Waals surface area contributed by atoms with Crippen LogP contribution < -0.4 is 14.2 Å². The van der Waals surface area contributed by atoms with Crippen molar-refractivity contribution in [3.63, 3.8) is 0 Å². The highest BCUT2D eigenvalue weighted by Crippen LogP contribution is 2.42. The van der Waals surface area contributed by atoms with Gasteiger partial charge in [-0.1, -0.05) is 0 Å². The number of nitrogens with zero attached hydrogens (tertiary/aromatic N) is 2. The van der Waals surface area contributed by atoms with Gasteiger partial charge in [-0.2, -0.15) is 0 Å². The number of methoxy groups -OCH3 is 3. The maximum atomic E-state index is 12.9. The van der Waals surface area contributed by atoms with Crippen LogP contribution in [0.1, 0.15) is 45.0 Å². The predicted octanol–water partition coefficient (Wildman–Crippen LogP) is 3.11. The lowest BCUT2D eigenvalue weighted by molar-refractivity contribution is -0.130. The zero-order valence-corrected chi connectivity index (χ0v) is 20.6. The highest BCUT2D eigenvalue weighted by atomic mass is 16.5. The number of benzene rings is 2. The minimum absolute atomic E-state index is 0.123.